The third-order valence-electron chi connectivity index (χ3n) is 5.04. The van der Waals surface area contributed by atoms with Crippen molar-refractivity contribution in [2.75, 3.05) is 33.3 Å². The maximum atomic E-state index is 5.91. The van der Waals surface area contributed by atoms with E-state index in [9.17, 15) is 0 Å². The van der Waals surface area contributed by atoms with Gasteiger partial charge in [-0.15, -0.1) is 0 Å². The molecule has 1 aliphatic heterocycles. The second-order valence-corrected chi connectivity index (χ2v) is 7.22. The number of methoxy groups -OCH3 is 1. The van der Waals surface area contributed by atoms with Gasteiger partial charge in [-0.1, -0.05) is 13.0 Å². The van der Waals surface area contributed by atoms with Gasteiger partial charge in [-0.2, -0.15) is 0 Å². The number of likely N-dealkylation sites (tertiary alicyclic amines) is 1. The first-order valence-electron chi connectivity index (χ1n) is 9.90. The first kappa shape index (κ1) is 19.6. The summed E-state index contributed by atoms with van der Waals surface area (Å²) in [5.74, 6) is 2.31. The molecule has 27 heavy (non-hydrogen) atoms. The Hall–Kier alpha value is -2.11. The summed E-state index contributed by atoms with van der Waals surface area (Å²) in [5.41, 5.74) is 2.30. The molecule has 1 N–H and O–H groups in total. The zero-order valence-corrected chi connectivity index (χ0v) is 16.5. The van der Waals surface area contributed by atoms with Gasteiger partial charge in [0.15, 0.2) is 11.5 Å². The highest BCUT2D eigenvalue weighted by Crippen LogP contribution is 2.29. The van der Waals surface area contributed by atoms with Gasteiger partial charge in [0.25, 0.3) is 0 Å². The third kappa shape index (κ3) is 5.94. The molecule has 1 aromatic heterocycles. The Labute approximate surface area is 162 Å². The molecule has 146 valence electrons. The van der Waals surface area contributed by atoms with E-state index in [4.69, 9.17) is 9.47 Å². The lowest BCUT2D eigenvalue weighted by molar-refractivity contribution is 0.284. The fourth-order valence-corrected chi connectivity index (χ4v) is 3.60. The number of aromatic nitrogens is 1. The van der Waals surface area contributed by atoms with Gasteiger partial charge in [0.2, 0.25) is 0 Å². The molecule has 0 aliphatic carbocycles. The third-order valence-corrected chi connectivity index (χ3v) is 5.04. The van der Waals surface area contributed by atoms with Crippen molar-refractivity contribution in [2.24, 2.45) is 5.92 Å². The maximum Gasteiger partial charge on any atom is 0.161 e. The van der Waals surface area contributed by atoms with Crippen LogP contribution in [0.4, 0.5) is 0 Å². The predicted molar refractivity (Wildman–Crippen MR) is 108 cm³/mol. The normalized spacial score (nSPS) is 17.2. The number of rotatable bonds is 10. The smallest absolute Gasteiger partial charge is 0.161 e. The SMILES string of the molecule is CCCN1CCC(CNCc2ccc(OCc3ccncc3)c(OC)c2)C1. The van der Waals surface area contributed by atoms with Crippen LogP contribution in [-0.4, -0.2) is 43.2 Å². The summed E-state index contributed by atoms with van der Waals surface area (Å²) in [6.45, 7) is 8.39. The topological polar surface area (TPSA) is 46.6 Å². The number of hydrogen-bond donors (Lipinski definition) is 1. The molecule has 0 saturated carbocycles. The molecule has 0 spiro atoms. The molecular weight excluding hydrogens is 338 g/mol. The number of hydrogen-bond acceptors (Lipinski definition) is 5. The van der Waals surface area contributed by atoms with E-state index in [0.717, 1.165) is 36.1 Å². The molecule has 1 unspecified atom stereocenters. The van der Waals surface area contributed by atoms with Crippen LogP contribution in [0.1, 0.15) is 30.9 Å². The van der Waals surface area contributed by atoms with Gasteiger partial charge in [-0.25, -0.2) is 0 Å². The first-order chi connectivity index (χ1) is 13.3. The Morgan fingerprint density at radius 3 is 2.78 bits per heavy atom. The highest BCUT2D eigenvalue weighted by atomic mass is 16.5. The molecule has 1 aliphatic rings. The van der Waals surface area contributed by atoms with Gasteiger partial charge >= 0.3 is 0 Å². The number of nitrogens with zero attached hydrogens (tertiary/aromatic N) is 2. The molecule has 2 heterocycles. The van der Waals surface area contributed by atoms with Crippen molar-refractivity contribution >= 4 is 0 Å². The zero-order chi connectivity index (χ0) is 18.9. The molecule has 1 fully saturated rings. The summed E-state index contributed by atoms with van der Waals surface area (Å²) in [7, 11) is 1.69. The van der Waals surface area contributed by atoms with E-state index in [2.05, 4.69) is 34.3 Å². The summed E-state index contributed by atoms with van der Waals surface area (Å²) in [4.78, 5) is 6.60. The fourth-order valence-electron chi connectivity index (χ4n) is 3.60. The average molecular weight is 370 g/mol. The highest BCUT2D eigenvalue weighted by Gasteiger charge is 2.21. The van der Waals surface area contributed by atoms with Crippen LogP contribution < -0.4 is 14.8 Å². The molecule has 0 bridgehead atoms. The van der Waals surface area contributed by atoms with E-state index in [1.54, 1.807) is 19.5 Å². The molecule has 5 nitrogen and oxygen atoms in total. The summed E-state index contributed by atoms with van der Waals surface area (Å²) in [6.07, 6.45) is 6.10. The van der Waals surface area contributed by atoms with Gasteiger partial charge in [0, 0.05) is 25.5 Å². The van der Waals surface area contributed by atoms with Crippen molar-refractivity contribution in [1.82, 2.24) is 15.2 Å². The van der Waals surface area contributed by atoms with E-state index in [0.29, 0.717) is 6.61 Å². The largest absolute Gasteiger partial charge is 0.493 e. The van der Waals surface area contributed by atoms with Crippen LogP contribution in [0.5, 0.6) is 11.5 Å². The van der Waals surface area contributed by atoms with Crippen LogP contribution in [0.3, 0.4) is 0 Å². The number of nitrogens with one attached hydrogen (secondary N) is 1. The molecular formula is C22H31N3O2. The Morgan fingerprint density at radius 2 is 2.00 bits per heavy atom. The summed E-state index contributed by atoms with van der Waals surface area (Å²) in [6, 6.07) is 10.1. The van der Waals surface area contributed by atoms with E-state index in [1.807, 2.05) is 18.2 Å². The minimum atomic E-state index is 0.506. The van der Waals surface area contributed by atoms with Crippen LogP contribution in [0, 0.1) is 5.92 Å². The van der Waals surface area contributed by atoms with Crippen molar-refractivity contribution in [2.45, 2.75) is 32.9 Å². The Balaban J connectivity index is 1.47. The number of ether oxygens (including phenoxy) is 2. The first-order valence-corrected chi connectivity index (χ1v) is 9.90. The van der Waals surface area contributed by atoms with Crippen molar-refractivity contribution in [3.05, 3.63) is 53.9 Å². The second-order valence-electron chi connectivity index (χ2n) is 7.22. The lowest BCUT2D eigenvalue weighted by Gasteiger charge is -2.16. The van der Waals surface area contributed by atoms with Crippen LogP contribution >= 0.6 is 0 Å². The highest BCUT2D eigenvalue weighted by molar-refractivity contribution is 5.43. The summed E-state index contributed by atoms with van der Waals surface area (Å²) >= 11 is 0. The lowest BCUT2D eigenvalue weighted by atomic mass is 10.1. The summed E-state index contributed by atoms with van der Waals surface area (Å²) < 4.78 is 11.4. The monoisotopic (exact) mass is 369 g/mol. The minimum absolute atomic E-state index is 0.506. The quantitative estimate of drug-likeness (QED) is 0.695. The molecule has 0 amide bonds. The zero-order valence-electron chi connectivity index (χ0n) is 16.5. The Morgan fingerprint density at radius 1 is 1.15 bits per heavy atom. The van der Waals surface area contributed by atoms with Crippen molar-refractivity contribution in [3.8, 4) is 11.5 Å². The summed E-state index contributed by atoms with van der Waals surface area (Å²) in [5, 5.41) is 3.60. The minimum Gasteiger partial charge on any atom is -0.493 e. The molecule has 0 radical (unpaired) electrons. The predicted octanol–water partition coefficient (Wildman–Crippen LogP) is 3.49. The molecule has 1 aromatic carbocycles. The standard InChI is InChI=1S/C22H31N3O2/c1-3-11-25-12-8-20(16-25)15-24-14-19-4-5-21(22(13-19)26-2)27-17-18-6-9-23-10-7-18/h4-7,9-10,13,20,24H,3,8,11-12,14-17H2,1-2H3. The van der Waals surface area contributed by atoms with Gasteiger partial charge in [-0.05, 0) is 73.8 Å². The molecule has 1 saturated heterocycles. The van der Waals surface area contributed by atoms with Crippen LogP contribution in [-0.2, 0) is 13.2 Å². The van der Waals surface area contributed by atoms with Gasteiger partial charge in [0.05, 0.1) is 7.11 Å². The Kier molecular flexibility index (Phi) is 7.48. The van der Waals surface area contributed by atoms with E-state index in [-0.39, 0.29) is 0 Å². The van der Waals surface area contributed by atoms with Crippen LogP contribution in [0.2, 0.25) is 0 Å². The number of benzene rings is 1. The second kappa shape index (κ2) is 10.3. The average Bonchev–Trinajstić information content (AvgIpc) is 3.15. The van der Waals surface area contributed by atoms with Crippen molar-refractivity contribution in [1.29, 1.82) is 0 Å². The maximum absolute atomic E-state index is 5.91. The molecule has 1 atom stereocenters. The molecule has 5 heteroatoms. The Bertz CT molecular complexity index is 693. The van der Waals surface area contributed by atoms with E-state index < -0.39 is 0 Å². The fraction of sp³-hybridized carbons (Fsp3) is 0.500. The van der Waals surface area contributed by atoms with Crippen molar-refractivity contribution in [3.63, 3.8) is 0 Å². The molecule has 2 aromatic rings. The molecule has 3 rings (SSSR count). The van der Waals surface area contributed by atoms with Crippen LogP contribution in [0.15, 0.2) is 42.7 Å². The van der Waals surface area contributed by atoms with Gasteiger partial charge < -0.3 is 19.7 Å². The van der Waals surface area contributed by atoms with E-state index >= 15 is 0 Å². The van der Waals surface area contributed by atoms with E-state index in [1.165, 1.54) is 38.0 Å². The lowest BCUT2D eigenvalue weighted by Crippen LogP contribution is -2.26. The van der Waals surface area contributed by atoms with Gasteiger partial charge in [-0.3, -0.25) is 4.98 Å². The van der Waals surface area contributed by atoms with Gasteiger partial charge in [0.1, 0.15) is 6.61 Å². The number of pyridine rings is 1. The van der Waals surface area contributed by atoms with Crippen molar-refractivity contribution < 1.29 is 9.47 Å². The van der Waals surface area contributed by atoms with Crippen LogP contribution in [0.25, 0.3) is 0 Å².